The van der Waals surface area contributed by atoms with E-state index in [0.717, 1.165) is 5.56 Å². The molecule has 1 aromatic heterocycles. The number of hydrogen-bond donors (Lipinski definition) is 2. The lowest BCUT2D eigenvalue weighted by atomic mass is 10.1. The number of carbonyl (C=O) groups is 2. The number of methoxy groups -OCH3 is 1. The lowest BCUT2D eigenvalue weighted by molar-refractivity contribution is -0.122. The van der Waals surface area contributed by atoms with E-state index in [1.54, 1.807) is 12.0 Å². The van der Waals surface area contributed by atoms with E-state index in [1.807, 2.05) is 25.1 Å². The van der Waals surface area contributed by atoms with Gasteiger partial charge in [-0.3, -0.25) is 14.9 Å². The summed E-state index contributed by atoms with van der Waals surface area (Å²) in [5.41, 5.74) is 1.70. The van der Waals surface area contributed by atoms with Gasteiger partial charge < -0.3 is 9.64 Å². The highest BCUT2D eigenvalue weighted by Gasteiger charge is 2.36. The number of ether oxygens (including phenoxy) is 1. The first-order valence-electron chi connectivity index (χ1n) is 7.19. The fraction of sp³-hybridized carbons (Fsp3) is 0.333. The van der Waals surface area contributed by atoms with Crippen LogP contribution in [0, 0.1) is 12.8 Å². The van der Waals surface area contributed by atoms with Crippen LogP contribution in [0.5, 0.6) is 5.75 Å². The Hall–Kier alpha value is -2.90. The first-order valence-corrected chi connectivity index (χ1v) is 7.19. The number of amides is 2. The summed E-state index contributed by atoms with van der Waals surface area (Å²) in [4.78, 5) is 30.0. The van der Waals surface area contributed by atoms with Gasteiger partial charge in [-0.1, -0.05) is 6.07 Å². The summed E-state index contributed by atoms with van der Waals surface area (Å²) in [6.45, 7) is 2.25. The van der Waals surface area contributed by atoms with Crippen molar-refractivity contribution < 1.29 is 14.3 Å². The minimum Gasteiger partial charge on any atom is -0.495 e. The molecule has 0 spiro atoms. The van der Waals surface area contributed by atoms with Crippen molar-refractivity contribution in [3.63, 3.8) is 0 Å². The molecule has 1 aliphatic heterocycles. The maximum Gasteiger partial charge on any atom is 0.232 e. The van der Waals surface area contributed by atoms with Crippen molar-refractivity contribution in [2.45, 2.75) is 13.3 Å². The van der Waals surface area contributed by atoms with Crippen LogP contribution < -0.4 is 15.0 Å². The van der Waals surface area contributed by atoms with Crippen LogP contribution in [0.25, 0.3) is 0 Å². The number of nitrogens with one attached hydrogen (secondary N) is 2. The van der Waals surface area contributed by atoms with Crippen molar-refractivity contribution in [1.29, 1.82) is 0 Å². The van der Waals surface area contributed by atoms with Crippen molar-refractivity contribution in [2.24, 2.45) is 5.92 Å². The van der Waals surface area contributed by atoms with E-state index in [4.69, 9.17) is 4.74 Å². The standard InChI is InChI=1S/C15H17N5O3/c1-9-3-4-12(23-2)11(5-9)20-7-10(6-13(20)21)14(22)18-15-16-8-17-19-15/h3-5,8,10H,6-7H2,1-2H3,(H2,16,17,18,19,22)/t10-/m1/s1. The number of benzene rings is 1. The van der Waals surface area contributed by atoms with Crippen molar-refractivity contribution in [1.82, 2.24) is 15.2 Å². The van der Waals surface area contributed by atoms with Crippen molar-refractivity contribution in [3.05, 3.63) is 30.1 Å². The number of aromatic nitrogens is 3. The Bertz CT molecular complexity index is 729. The zero-order valence-corrected chi connectivity index (χ0v) is 12.9. The van der Waals surface area contributed by atoms with Gasteiger partial charge in [-0.15, -0.1) is 0 Å². The fourth-order valence-electron chi connectivity index (χ4n) is 2.61. The van der Waals surface area contributed by atoms with Crippen molar-refractivity contribution >= 4 is 23.5 Å². The molecule has 2 N–H and O–H groups in total. The van der Waals surface area contributed by atoms with E-state index in [1.165, 1.54) is 6.33 Å². The number of rotatable bonds is 4. The smallest absolute Gasteiger partial charge is 0.232 e. The monoisotopic (exact) mass is 315 g/mol. The number of hydrogen-bond acceptors (Lipinski definition) is 5. The van der Waals surface area contributed by atoms with Crippen LogP contribution in [-0.4, -0.2) is 40.7 Å². The maximum absolute atomic E-state index is 12.3. The van der Waals surface area contributed by atoms with E-state index >= 15 is 0 Å². The Morgan fingerprint density at radius 1 is 1.48 bits per heavy atom. The van der Waals surface area contributed by atoms with E-state index < -0.39 is 5.92 Å². The molecule has 1 aromatic carbocycles. The molecule has 1 aliphatic rings. The van der Waals surface area contributed by atoms with Gasteiger partial charge in [-0.2, -0.15) is 10.1 Å². The molecule has 2 heterocycles. The highest BCUT2D eigenvalue weighted by atomic mass is 16.5. The normalized spacial score (nSPS) is 17.4. The van der Waals surface area contributed by atoms with E-state index in [9.17, 15) is 9.59 Å². The number of H-pyrrole nitrogens is 1. The molecule has 1 saturated heterocycles. The highest BCUT2D eigenvalue weighted by Crippen LogP contribution is 2.34. The Kier molecular flexibility index (Phi) is 3.96. The quantitative estimate of drug-likeness (QED) is 0.880. The van der Waals surface area contributed by atoms with Gasteiger partial charge in [0.25, 0.3) is 0 Å². The maximum atomic E-state index is 12.3. The first kappa shape index (κ1) is 15.0. The predicted octanol–water partition coefficient (Wildman–Crippen LogP) is 1.11. The number of carbonyl (C=O) groups excluding carboxylic acids is 2. The zero-order chi connectivity index (χ0) is 16.4. The van der Waals surface area contributed by atoms with Gasteiger partial charge in [-0.05, 0) is 24.6 Å². The van der Waals surface area contributed by atoms with Crippen LogP contribution in [-0.2, 0) is 9.59 Å². The Labute approximate surface area is 132 Å². The molecule has 0 aliphatic carbocycles. The number of anilines is 2. The molecule has 8 nitrogen and oxygen atoms in total. The summed E-state index contributed by atoms with van der Waals surface area (Å²) < 4.78 is 5.32. The molecule has 2 aromatic rings. The largest absolute Gasteiger partial charge is 0.495 e. The molecule has 23 heavy (non-hydrogen) atoms. The lowest BCUT2D eigenvalue weighted by Crippen LogP contribution is -2.28. The van der Waals surface area contributed by atoms with Gasteiger partial charge in [0, 0.05) is 13.0 Å². The summed E-state index contributed by atoms with van der Waals surface area (Å²) in [7, 11) is 1.56. The molecule has 8 heteroatoms. The summed E-state index contributed by atoms with van der Waals surface area (Å²) in [6.07, 6.45) is 1.45. The number of aromatic amines is 1. The molecule has 1 fully saturated rings. The third-order valence-electron chi connectivity index (χ3n) is 3.78. The molecule has 0 bridgehead atoms. The van der Waals surface area contributed by atoms with Crippen LogP contribution in [0.4, 0.5) is 11.6 Å². The van der Waals surface area contributed by atoms with Crippen LogP contribution in [0.15, 0.2) is 24.5 Å². The topological polar surface area (TPSA) is 100 Å². The van der Waals surface area contributed by atoms with E-state index in [0.29, 0.717) is 18.0 Å². The Balaban J connectivity index is 1.77. The minimum atomic E-state index is -0.446. The molecule has 0 unspecified atom stereocenters. The fourth-order valence-corrected chi connectivity index (χ4v) is 2.61. The van der Waals surface area contributed by atoms with Gasteiger partial charge >= 0.3 is 0 Å². The summed E-state index contributed by atoms with van der Waals surface area (Å²) in [6, 6.07) is 5.62. The van der Waals surface area contributed by atoms with Crippen molar-refractivity contribution in [3.8, 4) is 5.75 Å². The Morgan fingerprint density at radius 2 is 2.30 bits per heavy atom. The minimum absolute atomic E-state index is 0.105. The molecule has 2 amide bonds. The predicted molar refractivity (Wildman–Crippen MR) is 83.2 cm³/mol. The van der Waals surface area contributed by atoms with Gasteiger partial charge in [0.05, 0.1) is 18.7 Å². The summed E-state index contributed by atoms with van der Waals surface area (Å²) >= 11 is 0. The lowest BCUT2D eigenvalue weighted by Gasteiger charge is -2.20. The van der Waals surface area contributed by atoms with Crippen LogP contribution in [0.1, 0.15) is 12.0 Å². The highest BCUT2D eigenvalue weighted by molar-refractivity contribution is 6.03. The second kappa shape index (κ2) is 6.07. The zero-order valence-electron chi connectivity index (χ0n) is 12.9. The van der Waals surface area contributed by atoms with Crippen LogP contribution >= 0.6 is 0 Å². The second-order valence-corrected chi connectivity index (χ2v) is 5.40. The van der Waals surface area contributed by atoms with Gasteiger partial charge in [0.2, 0.25) is 17.8 Å². The molecular formula is C15H17N5O3. The molecule has 1 atom stereocenters. The molecule has 0 saturated carbocycles. The van der Waals surface area contributed by atoms with Crippen molar-refractivity contribution in [2.75, 3.05) is 23.9 Å². The molecule has 120 valence electrons. The van der Waals surface area contributed by atoms with Crippen LogP contribution in [0.2, 0.25) is 0 Å². The summed E-state index contributed by atoms with van der Waals surface area (Å²) in [5, 5.41) is 8.84. The third-order valence-corrected chi connectivity index (χ3v) is 3.78. The van der Waals surface area contributed by atoms with Crippen LogP contribution in [0.3, 0.4) is 0 Å². The second-order valence-electron chi connectivity index (χ2n) is 5.40. The van der Waals surface area contributed by atoms with Gasteiger partial charge in [-0.25, -0.2) is 5.10 Å². The number of nitrogens with zero attached hydrogens (tertiary/aromatic N) is 3. The Morgan fingerprint density at radius 3 is 3.00 bits per heavy atom. The van der Waals surface area contributed by atoms with Gasteiger partial charge in [0.1, 0.15) is 12.1 Å². The molecular weight excluding hydrogens is 298 g/mol. The first-order chi connectivity index (χ1) is 11.1. The SMILES string of the molecule is COc1ccc(C)cc1N1C[C@H](C(=O)Nc2ncn[nH]2)CC1=O. The average Bonchev–Trinajstić information content (AvgIpc) is 3.16. The van der Waals surface area contributed by atoms with E-state index in [2.05, 4.69) is 20.5 Å². The van der Waals surface area contributed by atoms with Gasteiger partial charge in [0.15, 0.2) is 0 Å². The molecule has 3 rings (SSSR count). The molecule has 0 radical (unpaired) electrons. The summed E-state index contributed by atoms with van der Waals surface area (Å²) in [5.74, 6) is 0.0722. The number of aryl methyl sites for hydroxylation is 1. The average molecular weight is 315 g/mol. The van der Waals surface area contributed by atoms with E-state index in [-0.39, 0.29) is 24.2 Å². The third kappa shape index (κ3) is 3.01.